The minimum absolute atomic E-state index is 0.0209. The van der Waals surface area contributed by atoms with Crippen LogP contribution in [0.1, 0.15) is 35.7 Å². The molecule has 160 valence electrons. The molecule has 2 bridgehead atoms. The van der Waals surface area contributed by atoms with Gasteiger partial charge in [0.15, 0.2) is 6.10 Å². The predicted molar refractivity (Wildman–Crippen MR) is 114 cm³/mol. The first-order chi connectivity index (χ1) is 14.9. The molecule has 6 nitrogen and oxygen atoms in total. The Bertz CT molecular complexity index is 1030. The van der Waals surface area contributed by atoms with Crippen molar-refractivity contribution in [2.75, 3.05) is 5.32 Å². The Hall–Kier alpha value is -3.15. The standard InChI is InChI=1S/C25H25NO5/c1-13-3-5-15(6-4-13)23(27)14(2)30-18-9-7-17(8-10-18)26-24(28)21-16-11-19-20(12-16)31-25(29)22(19)21/h3-10,14,16,19-22H,11-12H2,1-2H3,(H,26,28)/t14-,16+,19-,20+,21-,22-/m0/s1. The van der Waals surface area contributed by atoms with Crippen LogP contribution < -0.4 is 10.1 Å². The van der Waals surface area contributed by atoms with Crippen LogP contribution in [0.5, 0.6) is 5.75 Å². The number of hydrogen-bond donors (Lipinski definition) is 1. The van der Waals surface area contributed by atoms with Crippen molar-refractivity contribution < 1.29 is 23.9 Å². The molecule has 31 heavy (non-hydrogen) atoms. The highest BCUT2D eigenvalue weighted by molar-refractivity contribution is 5.99. The van der Waals surface area contributed by atoms with Crippen molar-refractivity contribution in [1.29, 1.82) is 0 Å². The molecule has 0 unspecified atom stereocenters. The first kappa shape index (κ1) is 19.8. The van der Waals surface area contributed by atoms with Crippen LogP contribution in [0, 0.1) is 30.6 Å². The normalized spacial score (nSPS) is 28.8. The molecule has 2 saturated carbocycles. The van der Waals surface area contributed by atoms with Crippen LogP contribution in [0.25, 0.3) is 0 Å². The van der Waals surface area contributed by atoms with Gasteiger partial charge in [0.2, 0.25) is 11.7 Å². The van der Waals surface area contributed by atoms with Gasteiger partial charge in [0.1, 0.15) is 11.9 Å². The largest absolute Gasteiger partial charge is 0.483 e. The molecule has 1 heterocycles. The molecule has 1 N–H and O–H groups in total. The van der Waals surface area contributed by atoms with Crippen molar-refractivity contribution in [3.05, 3.63) is 59.7 Å². The maximum atomic E-state index is 12.9. The van der Waals surface area contributed by atoms with Gasteiger partial charge < -0.3 is 14.8 Å². The molecular formula is C25H25NO5. The molecule has 1 aliphatic heterocycles. The number of Topliss-reactive ketones (excluding diaryl/α,β-unsaturated/α-hetero) is 1. The Kier molecular flexibility index (Phi) is 4.80. The Balaban J connectivity index is 1.20. The number of amides is 1. The van der Waals surface area contributed by atoms with Crippen LogP contribution in [-0.4, -0.2) is 29.9 Å². The lowest BCUT2D eigenvalue weighted by atomic mass is 9.79. The SMILES string of the molecule is Cc1ccc(C(=O)[C@H](C)Oc2ccc(NC(=O)[C@H]3[C@@H]4C[C@@H]5[C@@H]3C(=O)O[C@@H]5C4)cc2)cc1. The third-order valence-electron chi connectivity index (χ3n) is 6.93. The second-order valence-corrected chi connectivity index (χ2v) is 8.93. The summed E-state index contributed by atoms with van der Waals surface area (Å²) in [6.45, 7) is 3.70. The number of rotatable bonds is 6. The number of aryl methyl sites for hydroxylation is 1. The van der Waals surface area contributed by atoms with Crippen molar-refractivity contribution in [2.24, 2.45) is 23.7 Å². The molecule has 0 aromatic heterocycles. The van der Waals surface area contributed by atoms with Gasteiger partial charge in [0.05, 0.1) is 11.8 Å². The fourth-order valence-corrected chi connectivity index (χ4v) is 5.42. The molecule has 2 aliphatic carbocycles. The number of esters is 1. The highest BCUT2D eigenvalue weighted by Crippen LogP contribution is 2.57. The van der Waals surface area contributed by atoms with Crippen molar-refractivity contribution >= 4 is 23.3 Å². The number of ether oxygens (including phenoxy) is 2. The van der Waals surface area contributed by atoms with Gasteiger partial charge in [-0.3, -0.25) is 14.4 Å². The molecule has 5 rings (SSSR count). The monoisotopic (exact) mass is 419 g/mol. The topological polar surface area (TPSA) is 81.7 Å². The second-order valence-electron chi connectivity index (χ2n) is 8.93. The second kappa shape index (κ2) is 7.52. The van der Waals surface area contributed by atoms with Crippen molar-refractivity contribution in [2.45, 2.75) is 38.9 Å². The van der Waals surface area contributed by atoms with Crippen LogP contribution in [0.2, 0.25) is 0 Å². The zero-order chi connectivity index (χ0) is 21.7. The van der Waals surface area contributed by atoms with E-state index in [9.17, 15) is 14.4 Å². The van der Waals surface area contributed by atoms with E-state index < -0.39 is 6.10 Å². The summed E-state index contributed by atoms with van der Waals surface area (Å²) in [4.78, 5) is 37.6. The van der Waals surface area contributed by atoms with Gasteiger partial charge >= 0.3 is 5.97 Å². The maximum absolute atomic E-state index is 12.9. The summed E-state index contributed by atoms with van der Waals surface area (Å²) in [6.07, 6.45) is 1.09. The Labute approximate surface area is 180 Å². The molecule has 6 atom stereocenters. The lowest BCUT2D eigenvalue weighted by molar-refractivity contribution is -0.145. The summed E-state index contributed by atoms with van der Waals surface area (Å²) >= 11 is 0. The number of carbonyl (C=O) groups is 3. The Morgan fingerprint density at radius 3 is 2.48 bits per heavy atom. The van der Waals surface area contributed by atoms with E-state index in [1.165, 1.54) is 0 Å². The van der Waals surface area contributed by atoms with E-state index in [2.05, 4.69) is 5.32 Å². The smallest absolute Gasteiger partial charge is 0.310 e. The van der Waals surface area contributed by atoms with E-state index in [4.69, 9.17) is 9.47 Å². The van der Waals surface area contributed by atoms with E-state index >= 15 is 0 Å². The Morgan fingerprint density at radius 1 is 1.06 bits per heavy atom. The summed E-state index contributed by atoms with van der Waals surface area (Å²) in [5.41, 5.74) is 2.35. The van der Waals surface area contributed by atoms with Gasteiger partial charge in [-0.1, -0.05) is 29.8 Å². The maximum Gasteiger partial charge on any atom is 0.310 e. The van der Waals surface area contributed by atoms with Gasteiger partial charge in [0, 0.05) is 17.2 Å². The zero-order valence-corrected chi connectivity index (χ0v) is 17.5. The van der Waals surface area contributed by atoms with Crippen LogP contribution in [0.4, 0.5) is 5.69 Å². The van der Waals surface area contributed by atoms with E-state index in [1.807, 2.05) is 19.1 Å². The van der Waals surface area contributed by atoms with E-state index in [-0.39, 0.29) is 47.4 Å². The molecule has 2 aromatic carbocycles. The number of hydrogen-bond acceptors (Lipinski definition) is 5. The third kappa shape index (κ3) is 3.50. The molecule has 3 fully saturated rings. The summed E-state index contributed by atoms with van der Waals surface area (Å²) in [5, 5.41) is 2.94. The first-order valence-corrected chi connectivity index (χ1v) is 10.8. The summed E-state index contributed by atoms with van der Waals surface area (Å²) in [7, 11) is 0. The van der Waals surface area contributed by atoms with Crippen LogP contribution in [0.15, 0.2) is 48.5 Å². The fraction of sp³-hybridized carbons (Fsp3) is 0.400. The first-order valence-electron chi connectivity index (χ1n) is 10.8. The summed E-state index contributed by atoms with van der Waals surface area (Å²) in [5.74, 6) is -0.0420. The molecule has 3 aliphatic rings. The van der Waals surface area contributed by atoms with Gasteiger partial charge in [-0.15, -0.1) is 0 Å². The molecule has 0 radical (unpaired) electrons. The van der Waals surface area contributed by atoms with Gasteiger partial charge in [-0.2, -0.15) is 0 Å². The molecule has 1 amide bonds. The molecule has 0 spiro atoms. The van der Waals surface area contributed by atoms with Gasteiger partial charge in [-0.05, 0) is 56.9 Å². The third-order valence-corrected chi connectivity index (χ3v) is 6.93. The van der Waals surface area contributed by atoms with Crippen molar-refractivity contribution in [1.82, 2.24) is 0 Å². The van der Waals surface area contributed by atoms with Crippen molar-refractivity contribution in [3.8, 4) is 5.75 Å². The lowest BCUT2D eigenvalue weighted by Gasteiger charge is -2.23. The predicted octanol–water partition coefficient (Wildman–Crippen LogP) is 3.78. The number of ketones is 1. The van der Waals surface area contributed by atoms with Gasteiger partial charge in [0.25, 0.3) is 0 Å². The molecule has 2 aromatic rings. The zero-order valence-electron chi connectivity index (χ0n) is 17.5. The number of anilines is 1. The van der Waals surface area contributed by atoms with E-state index in [0.29, 0.717) is 17.0 Å². The number of nitrogens with one attached hydrogen (secondary N) is 1. The fourth-order valence-electron chi connectivity index (χ4n) is 5.42. The average Bonchev–Trinajstić information content (AvgIpc) is 3.38. The van der Waals surface area contributed by atoms with E-state index in [1.54, 1.807) is 43.3 Å². The Morgan fingerprint density at radius 2 is 1.77 bits per heavy atom. The van der Waals surface area contributed by atoms with E-state index in [0.717, 1.165) is 18.4 Å². The minimum atomic E-state index is -0.626. The molecule has 6 heteroatoms. The van der Waals surface area contributed by atoms with Crippen LogP contribution in [0.3, 0.4) is 0 Å². The van der Waals surface area contributed by atoms with Crippen LogP contribution >= 0.6 is 0 Å². The number of fused-ring (bicyclic) bond motifs is 1. The summed E-state index contributed by atoms with van der Waals surface area (Å²) < 4.78 is 11.2. The van der Waals surface area contributed by atoms with Gasteiger partial charge in [-0.25, -0.2) is 0 Å². The van der Waals surface area contributed by atoms with Crippen molar-refractivity contribution in [3.63, 3.8) is 0 Å². The molecule has 1 saturated heterocycles. The minimum Gasteiger partial charge on any atom is -0.483 e. The highest BCUT2D eigenvalue weighted by atomic mass is 16.6. The summed E-state index contributed by atoms with van der Waals surface area (Å²) in [6, 6.07) is 14.4. The van der Waals surface area contributed by atoms with Crippen LogP contribution in [-0.2, 0) is 14.3 Å². The lowest BCUT2D eigenvalue weighted by Crippen LogP contribution is -2.35. The average molecular weight is 419 g/mol. The molecular weight excluding hydrogens is 394 g/mol. The highest BCUT2D eigenvalue weighted by Gasteiger charge is 2.63. The quantitative estimate of drug-likeness (QED) is 0.569. The number of carbonyl (C=O) groups excluding carboxylic acids is 3. The number of benzene rings is 2.